The van der Waals surface area contributed by atoms with Crippen LogP contribution in [0, 0.1) is 12.8 Å². The molecule has 2 heterocycles. The van der Waals surface area contributed by atoms with Gasteiger partial charge in [-0.3, -0.25) is 4.79 Å². The first kappa shape index (κ1) is 25.6. The first-order chi connectivity index (χ1) is 17.8. The fourth-order valence-electron chi connectivity index (χ4n) is 4.36. The largest absolute Gasteiger partial charge is 0.326 e. The van der Waals surface area contributed by atoms with Gasteiger partial charge in [0.25, 0.3) is 0 Å². The summed E-state index contributed by atoms with van der Waals surface area (Å²) in [7, 11) is -3.69. The maximum absolute atomic E-state index is 13.0. The number of aromatic nitrogens is 1. The number of amides is 1. The van der Waals surface area contributed by atoms with E-state index in [1.165, 1.54) is 15.9 Å². The summed E-state index contributed by atoms with van der Waals surface area (Å²) in [6, 6.07) is 22.4. The molecule has 6 nitrogen and oxygen atoms in total. The standard InChI is InChI=1S/C28H26ClN3O3S2/c1-19-6-8-20(9-7-19)25-18-36-28(31-25)22-10-12-23(13-11-22)30-27(33)21-14-16-32(17-15-21)37(34,35)26-5-3-2-4-24(26)29/h2-13,18,21H,14-17H2,1H3,(H,30,33). The lowest BCUT2D eigenvalue weighted by atomic mass is 9.97. The third-order valence-corrected chi connectivity index (χ3v) is 9.82. The Morgan fingerprint density at radius 2 is 1.62 bits per heavy atom. The number of benzene rings is 3. The summed E-state index contributed by atoms with van der Waals surface area (Å²) in [5.41, 5.74) is 4.93. The first-order valence-corrected chi connectivity index (χ1v) is 14.7. The molecule has 0 aliphatic carbocycles. The summed E-state index contributed by atoms with van der Waals surface area (Å²) in [5.74, 6) is -0.355. The van der Waals surface area contributed by atoms with Crippen LogP contribution in [0.5, 0.6) is 0 Å². The van der Waals surface area contributed by atoms with E-state index in [0.29, 0.717) is 18.5 Å². The van der Waals surface area contributed by atoms with Gasteiger partial charge in [-0.15, -0.1) is 11.3 Å². The van der Waals surface area contributed by atoms with Crippen LogP contribution >= 0.6 is 22.9 Å². The highest BCUT2D eigenvalue weighted by Crippen LogP contribution is 2.31. The minimum Gasteiger partial charge on any atom is -0.326 e. The molecule has 1 aliphatic rings. The quantitative estimate of drug-likeness (QED) is 0.297. The second-order valence-electron chi connectivity index (χ2n) is 9.08. The van der Waals surface area contributed by atoms with Crippen LogP contribution in [0.2, 0.25) is 5.02 Å². The number of carbonyl (C=O) groups is 1. The van der Waals surface area contributed by atoms with Crippen molar-refractivity contribution in [3.05, 3.63) is 88.8 Å². The fourth-order valence-corrected chi connectivity index (χ4v) is 7.15. The van der Waals surface area contributed by atoms with Crippen molar-refractivity contribution in [3.63, 3.8) is 0 Å². The van der Waals surface area contributed by atoms with Gasteiger partial charge in [0.2, 0.25) is 15.9 Å². The van der Waals surface area contributed by atoms with Crippen molar-refractivity contribution in [1.82, 2.24) is 9.29 Å². The fraction of sp³-hybridized carbons (Fsp3) is 0.214. The molecule has 1 saturated heterocycles. The van der Waals surface area contributed by atoms with Crippen LogP contribution < -0.4 is 5.32 Å². The van der Waals surface area contributed by atoms with Crippen molar-refractivity contribution < 1.29 is 13.2 Å². The molecular weight excluding hydrogens is 526 g/mol. The van der Waals surface area contributed by atoms with E-state index in [1.807, 2.05) is 29.6 Å². The third-order valence-electron chi connectivity index (χ3n) is 6.53. The lowest BCUT2D eigenvalue weighted by molar-refractivity contribution is -0.120. The van der Waals surface area contributed by atoms with Gasteiger partial charge < -0.3 is 5.32 Å². The smallest absolute Gasteiger partial charge is 0.244 e. The van der Waals surface area contributed by atoms with E-state index in [0.717, 1.165) is 21.8 Å². The topological polar surface area (TPSA) is 79.4 Å². The molecular formula is C28H26ClN3O3S2. The van der Waals surface area contributed by atoms with Gasteiger partial charge in [0.15, 0.2) is 0 Å². The van der Waals surface area contributed by atoms with E-state index >= 15 is 0 Å². The van der Waals surface area contributed by atoms with Gasteiger partial charge in [0, 0.05) is 41.2 Å². The molecule has 0 radical (unpaired) electrons. The minimum atomic E-state index is -3.69. The zero-order valence-electron chi connectivity index (χ0n) is 20.2. The van der Waals surface area contributed by atoms with E-state index in [4.69, 9.17) is 16.6 Å². The molecule has 0 bridgehead atoms. The van der Waals surface area contributed by atoms with Crippen LogP contribution in [0.3, 0.4) is 0 Å². The molecule has 37 heavy (non-hydrogen) atoms. The maximum atomic E-state index is 13.0. The van der Waals surface area contributed by atoms with Crippen LogP contribution in [0.25, 0.3) is 21.8 Å². The molecule has 1 amide bonds. The molecule has 0 atom stereocenters. The number of halogens is 1. The number of thiazole rings is 1. The Labute approximate surface area is 226 Å². The molecule has 0 spiro atoms. The van der Waals surface area contributed by atoms with E-state index in [2.05, 4.69) is 36.5 Å². The molecule has 1 N–H and O–H groups in total. The molecule has 9 heteroatoms. The number of carbonyl (C=O) groups excluding carboxylic acids is 1. The second kappa shape index (κ2) is 10.8. The maximum Gasteiger partial charge on any atom is 0.244 e. The third kappa shape index (κ3) is 5.62. The second-order valence-corrected chi connectivity index (χ2v) is 12.3. The number of hydrogen-bond donors (Lipinski definition) is 1. The van der Waals surface area contributed by atoms with Crippen molar-refractivity contribution in [2.45, 2.75) is 24.7 Å². The zero-order chi connectivity index (χ0) is 26.0. The van der Waals surface area contributed by atoms with Crippen molar-refractivity contribution in [3.8, 4) is 21.8 Å². The van der Waals surface area contributed by atoms with E-state index in [9.17, 15) is 13.2 Å². The average molecular weight is 552 g/mol. The Balaban J connectivity index is 1.18. The number of sulfonamides is 1. The van der Waals surface area contributed by atoms with Gasteiger partial charge in [-0.25, -0.2) is 13.4 Å². The van der Waals surface area contributed by atoms with Crippen LogP contribution in [-0.4, -0.2) is 36.7 Å². The summed E-state index contributed by atoms with van der Waals surface area (Å²) in [4.78, 5) is 17.7. The molecule has 1 aromatic heterocycles. The van der Waals surface area contributed by atoms with E-state index in [-0.39, 0.29) is 34.8 Å². The Morgan fingerprint density at radius 3 is 2.30 bits per heavy atom. The summed E-state index contributed by atoms with van der Waals surface area (Å²) in [6.45, 7) is 2.61. The van der Waals surface area contributed by atoms with Crippen LogP contribution in [-0.2, 0) is 14.8 Å². The number of nitrogens with one attached hydrogen (secondary N) is 1. The number of anilines is 1. The number of nitrogens with zero attached hydrogens (tertiary/aromatic N) is 2. The Morgan fingerprint density at radius 1 is 0.973 bits per heavy atom. The number of hydrogen-bond acceptors (Lipinski definition) is 5. The molecule has 190 valence electrons. The summed E-state index contributed by atoms with van der Waals surface area (Å²) >= 11 is 7.69. The highest BCUT2D eigenvalue weighted by atomic mass is 35.5. The molecule has 0 unspecified atom stereocenters. The highest BCUT2D eigenvalue weighted by molar-refractivity contribution is 7.89. The van der Waals surface area contributed by atoms with Gasteiger partial charge in [-0.05, 0) is 56.2 Å². The SMILES string of the molecule is Cc1ccc(-c2csc(-c3ccc(NC(=O)C4CCN(S(=O)(=O)c5ccccc5Cl)CC4)cc3)n2)cc1. The number of piperidine rings is 1. The monoisotopic (exact) mass is 551 g/mol. The molecule has 1 fully saturated rings. The molecule has 0 saturated carbocycles. The van der Waals surface area contributed by atoms with Crippen molar-refractivity contribution in [2.24, 2.45) is 5.92 Å². The lowest BCUT2D eigenvalue weighted by Crippen LogP contribution is -2.41. The average Bonchev–Trinajstić information content (AvgIpc) is 3.40. The summed E-state index contributed by atoms with van der Waals surface area (Å²) in [5, 5.41) is 6.15. The van der Waals surface area contributed by atoms with Crippen molar-refractivity contribution >= 4 is 44.6 Å². The van der Waals surface area contributed by atoms with Gasteiger partial charge in [0.1, 0.15) is 9.90 Å². The van der Waals surface area contributed by atoms with E-state index < -0.39 is 10.0 Å². The van der Waals surface area contributed by atoms with E-state index in [1.54, 1.807) is 29.5 Å². The molecule has 1 aliphatic heterocycles. The molecule has 5 rings (SSSR count). The van der Waals surface area contributed by atoms with Crippen molar-refractivity contribution in [2.75, 3.05) is 18.4 Å². The van der Waals surface area contributed by atoms with Crippen LogP contribution in [0.15, 0.2) is 83.1 Å². The van der Waals surface area contributed by atoms with Crippen LogP contribution in [0.1, 0.15) is 18.4 Å². The minimum absolute atomic E-state index is 0.0987. The Kier molecular flexibility index (Phi) is 7.44. The predicted molar refractivity (Wildman–Crippen MR) is 149 cm³/mol. The molecule has 4 aromatic rings. The van der Waals surface area contributed by atoms with Crippen LogP contribution in [0.4, 0.5) is 5.69 Å². The van der Waals surface area contributed by atoms with Gasteiger partial charge in [-0.1, -0.05) is 53.6 Å². The first-order valence-electron chi connectivity index (χ1n) is 12.0. The highest BCUT2D eigenvalue weighted by Gasteiger charge is 2.33. The predicted octanol–water partition coefficient (Wildman–Crippen LogP) is 6.48. The van der Waals surface area contributed by atoms with Gasteiger partial charge >= 0.3 is 0 Å². The Bertz CT molecular complexity index is 1510. The normalized spacial score (nSPS) is 15.0. The van der Waals surface area contributed by atoms with Gasteiger partial charge in [0.05, 0.1) is 10.7 Å². The Hall–Kier alpha value is -3.04. The zero-order valence-corrected chi connectivity index (χ0v) is 22.6. The number of rotatable bonds is 6. The summed E-state index contributed by atoms with van der Waals surface area (Å²) < 4.78 is 27.3. The number of aryl methyl sites for hydroxylation is 1. The molecule has 3 aromatic carbocycles. The van der Waals surface area contributed by atoms with Crippen molar-refractivity contribution in [1.29, 1.82) is 0 Å². The lowest BCUT2D eigenvalue weighted by Gasteiger charge is -2.30. The van der Waals surface area contributed by atoms with Gasteiger partial charge in [-0.2, -0.15) is 4.31 Å². The summed E-state index contributed by atoms with van der Waals surface area (Å²) in [6.07, 6.45) is 0.906.